The highest BCUT2D eigenvalue weighted by molar-refractivity contribution is 7.20. The quantitative estimate of drug-likeness (QED) is 0.124. The Bertz CT molecular complexity index is 2730. The molecular formula is C48H34N2Si. The lowest BCUT2D eigenvalue weighted by atomic mass is 10.1. The molecule has 0 aliphatic carbocycles. The van der Waals surface area contributed by atoms with E-state index in [2.05, 4.69) is 215 Å². The molecule has 0 atom stereocenters. The summed E-state index contributed by atoms with van der Waals surface area (Å²) in [6.07, 6.45) is 0. The van der Waals surface area contributed by atoms with Gasteiger partial charge in [-0.15, -0.1) is 0 Å². The molecule has 0 N–H and O–H groups in total. The summed E-state index contributed by atoms with van der Waals surface area (Å²) in [7, 11) is -2.77. The van der Waals surface area contributed by atoms with Crippen LogP contribution in [0.15, 0.2) is 206 Å². The molecule has 2 heterocycles. The van der Waals surface area contributed by atoms with Gasteiger partial charge in [0.15, 0.2) is 8.07 Å². The zero-order valence-corrected chi connectivity index (χ0v) is 29.0. The minimum absolute atomic E-state index is 1.16. The minimum atomic E-state index is -2.77. The van der Waals surface area contributed by atoms with Gasteiger partial charge in [0, 0.05) is 32.9 Å². The zero-order chi connectivity index (χ0) is 33.8. The minimum Gasteiger partial charge on any atom is -0.309 e. The van der Waals surface area contributed by atoms with Crippen molar-refractivity contribution in [3.63, 3.8) is 0 Å². The van der Waals surface area contributed by atoms with Gasteiger partial charge < -0.3 is 9.13 Å². The van der Waals surface area contributed by atoms with Crippen molar-refractivity contribution in [3.05, 3.63) is 206 Å². The van der Waals surface area contributed by atoms with E-state index in [1.165, 1.54) is 64.4 Å². The Hall–Kier alpha value is -6.42. The highest BCUT2D eigenvalue weighted by atomic mass is 28.3. The van der Waals surface area contributed by atoms with Crippen molar-refractivity contribution in [2.24, 2.45) is 0 Å². The highest BCUT2D eigenvalue weighted by Gasteiger charge is 2.41. The third-order valence-electron chi connectivity index (χ3n) is 10.6. The first-order valence-corrected chi connectivity index (χ1v) is 19.6. The van der Waals surface area contributed by atoms with E-state index in [0.29, 0.717) is 0 Å². The van der Waals surface area contributed by atoms with E-state index >= 15 is 0 Å². The molecule has 0 spiro atoms. The van der Waals surface area contributed by atoms with Crippen LogP contribution >= 0.6 is 0 Å². The lowest BCUT2D eigenvalue weighted by Crippen LogP contribution is -2.74. The van der Waals surface area contributed by atoms with E-state index in [-0.39, 0.29) is 0 Å². The van der Waals surface area contributed by atoms with E-state index < -0.39 is 8.07 Å². The van der Waals surface area contributed by atoms with Gasteiger partial charge in [0.1, 0.15) is 0 Å². The van der Waals surface area contributed by atoms with Crippen LogP contribution in [0.25, 0.3) is 55.0 Å². The predicted molar refractivity (Wildman–Crippen MR) is 219 cm³/mol. The molecule has 3 heteroatoms. The number of para-hydroxylation sites is 3. The van der Waals surface area contributed by atoms with Crippen LogP contribution in [-0.2, 0) is 0 Å². The molecule has 0 aliphatic rings. The smallest absolute Gasteiger partial charge is 0.179 e. The maximum absolute atomic E-state index is 2.77. The summed E-state index contributed by atoms with van der Waals surface area (Å²) in [6, 6.07) is 76.2. The summed E-state index contributed by atoms with van der Waals surface area (Å²) in [4.78, 5) is 0. The number of hydrogen-bond acceptors (Lipinski definition) is 0. The number of rotatable bonds is 6. The van der Waals surface area contributed by atoms with Crippen molar-refractivity contribution < 1.29 is 0 Å². The first kappa shape index (κ1) is 29.5. The molecule has 2 nitrogen and oxygen atoms in total. The summed E-state index contributed by atoms with van der Waals surface area (Å²) in [5.41, 5.74) is 7.17. The van der Waals surface area contributed by atoms with Crippen molar-refractivity contribution in [2.45, 2.75) is 0 Å². The third-order valence-corrected chi connectivity index (χ3v) is 15.4. The molecule has 0 fully saturated rings. The Morgan fingerprint density at radius 3 is 1.31 bits per heavy atom. The van der Waals surface area contributed by atoms with E-state index in [0.717, 1.165) is 11.4 Å². The standard InChI is InChI=1S/C48H34N2Si/c1-6-18-35(19-7-1)49-45-32-30-40(51(37-22-10-3-11-23-37,38-24-12-4-13-25-38)39-26-14-5-15-27-39)34-43(45)47-46(49)33-31-42-41-28-16-17-29-44(41)50(48(42)47)36-20-8-2-9-21-36/h1-34H. The maximum Gasteiger partial charge on any atom is 0.179 e. The zero-order valence-electron chi connectivity index (χ0n) is 28.0. The second-order valence-electron chi connectivity index (χ2n) is 13.3. The molecule has 0 amide bonds. The fourth-order valence-corrected chi connectivity index (χ4v) is 13.3. The second kappa shape index (κ2) is 11.9. The van der Waals surface area contributed by atoms with Crippen LogP contribution in [0.5, 0.6) is 0 Å². The van der Waals surface area contributed by atoms with Crippen LogP contribution in [0.2, 0.25) is 0 Å². The van der Waals surface area contributed by atoms with Crippen LogP contribution in [0, 0.1) is 0 Å². The summed E-state index contributed by atoms with van der Waals surface area (Å²) < 4.78 is 4.93. The van der Waals surface area contributed by atoms with Crippen molar-refractivity contribution in [2.75, 3.05) is 0 Å². The number of benzene rings is 8. The van der Waals surface area contributed by atoms with Crippen LogP contribution in [0.3, 0.4) is 0 Å². The fraction of sp³-hybridized carbons (Fsp3) is 0. The summed E-state index contributed by atoms with van der Waals surface area (Å²) in [5, 5.41) is 10.5. The van der Waals surface area contributed by atoms with E-state index in [1.807, 2.05) is 0 Å². The molecule has 240 valence electrons. The molecule has 0 bridgehead atoms. The largest absolute Gasteiger partial charge is 0.309 e. The summed E-state index contributed by atoms with van der Waals surface area (Å²) in [5.74, 6) is 0. The Balaban J connectivity index is 1.42. The monoisotopic (exact) mass is 666 g/mol. The molecular weight excluding hydrogens is 633 g/mol. The third kappa shape index (κ3) is 4.42. The number of hydrogen-bond donors (Lipinski definition) is 0. The SMILES string of the molecule is c1ccc(-n2c3ccc([Si](c4ccccc4)(c4ccccc4)c4ccccc4)cc3c3c2ccc2c4ccccc4n(-c4ccccc4)c23)cc1. The number of aromatic nitrogens is 2. The summed E-state index contributed by atoms with van der Waals surface area (Å²) in [6.45, 7) is 0. The van der Waals surface area contributed by atoms with E-state index in [9.17, 15) is 0 Å². The van der Waals surface area contributed by atoms with E-state index in [4.69, 9.17) is 0 Å². The van der Waals surface area contributed by atoms with Gasteiger partial charge in [-0.25, -0.2) is 0 Å². The fourth-order valence-electron chi connectivity index (χ4n) is 8.56. The molecule has 0 unspecified atom stereocenters. The van der Waals surface area contributed by atoms with Crippen LogP contribution < -0.4 is 20.7 Å². The topological polar surface area (TPSA) is 9.86 Å². The highest BCUT2D eigenvalue weighted by Crippen LogP contribution is 2.41. The predicted octanol–water partition coefficient (Wildman–Crippen LogP) is 9.26. The normalized spacial score (nSPS) is 11.9. The van der Waals surface area contributed by atoms with Crippen molar-refractivity contribution in [1.82, 2.24) is 9.13 Å². The van der Waals surface area contributed by atoms with Crippen molar-refractivity contribution >= 4 is 72.4 Å². The lowest BCUT2D eigenvalue weighted by molar-refractivity contribution is 1.17. The molecule has 0 saturated carbocycles. The second-order valence-corrected chi connectivity index (χ2v) is 17.1. The van der Waals surface area contributed by atoms with Gasteiger partial charge in [-0.3, -0.25) is 0 Å². The summed E-state index contributed by atoms with van der Waals surface area (Å²) >= 11 is 0. The van der Waals surface area contributed by atoms with Gasteiger partial charge in [0.2, 0.25) is 0 Å². The molecule has 2 aromatic heterocycles. The molecule has 0 aliphatic heterocycles. The Morgan fingerprint density at radius 2 is 0.745 bits per heavy atom. The van der Waals surface area contributed by atoms with Gasteiger partial charge in [-0.2, -0.15) is 0 Å². The molecule has 10 rings (SSSR count). The van der Waals surface area contributed by atoms with Crippen LogP contribution in [0.4, 0.5) is 0 Å². The van der Waals surface area contributed by atoms with Gasteiger partial charge in [-0.05, 0) is 63.2 Å². The number of nitrogens with zero attached hydrogens (tertiary/aromatic N) is 2. The Kier molecular flexibility index (Phi) is 6.86. The van der Waals surface area contributed by atoms with Gasteiger partial charge in [-0.1, -0.05) is 164 Å². The van der Waals surface area contributed by atoms with E-state index in [1.54, 1.807) is 0 Å². The first-order chi connectivity index (χ1) is 25.3. The average Bonchev–Trinajstić information content (AvgIpc) is 3.73. The molecule has 10 aromatic rings. The number of fused-ring (bicyclic) bond motifs is 7. The molecule has 0 saturated heterocycles. The van der Waals surface area contributed by atoms with Crippen molar-refractivity contribution in [1.29, 1.82) is 0 Å². The van der Waals surface area contributed by atoms with Crippen molar-refractivity contribution in [3.8, 4) is 11.4 Å². The molecule has 8 aromatic carbocycles. The maximum atomic E-state index is 2.54. The van der Waals surface area contributed by atoms with Crippen LogP contribution in [0.1, 0.15) is 0 Å². The van der Waals surface area contributed by atoms with Gasteiger partial charge in [0.05, 0.1) is 22.1 Å². The van der Waals surface area contributed by atoms with Gasteiger partial charge >= 0.3 is 0 Å². The molecule has 0 radical (unpaired) electrons. The average molecular weight is 667 g/mol. The van der Waals surface area contributed by atoms with Crippen LogP contribution in [-0.4, -0.2) is 17.2 Å². The van der Waals surface area contributed by atoms with Gasteiger partial charge in [0.25, 0.3) is 0 Å². The Morgan fingerprint density at radius 1 is 0.294 bits per heavy atom. The Labute approximate surface area is 298 Å². The molecule has 51 heavy (non-hydrogen) atoms. The lowest BCUT2D eigenvalue weighted by Gasteiger charge is -2.34. The first-order valence-electron chi connectivity index (χ1n) is 17.6.